The molecule has 160 valence electrons. The SMILES string of the molecule is CCNC(=NCCCSc1ccc(F)cc1)NCCCCn1ccccc1=O.I. The zero-order valence-corrected chi connectivity index (χ0v) is 19.9. The minimum Gasteiger partial charge on any atom is -0.357 e. The number of pyridine rings is 1. The maximum Gasteiger partial charge on any atom is 0.250 e. The maximum absolute atomic E-state index is 12.9. The molecule has 0 amide bonds. The molecule has 1 heterocycles. The predicted molar refractivity (Wildman–Crippen MR) is 131 cm³/mol. The molecule has 29 heavy (non-hydrogen) atoms. The molecule has 0 aliphatic carbocycles. The first kappa shape index (κ1) is 25.5. The van der Waals surface area contributed by atoms with Crippen molar-refractivity contribution >= 4 is 41.7 Å². The van der Waals surface area contributed by atoms with E-state index in [0.29, 0.717) is 0 Å². The Morgan fingerprint density at radius 2 is 1.90 bits per heavy atom. The van der Waals surface area contributed by atoms with E-state index in [1.54, 1.807) is 40.6 Å². The van der Waals surface area contributed by atoms with Crippen LogP contribution in [0.5, 0.6) is 0 Å². The highest BCUT2D eigenvalue weighted by Gasteiger charge is 1.99. The van der Waals surface area contributed by atoms with Crippen LogP contribution in [0.3, 0.4) is 0 Å². The van der Waals surface area contributed by atoms with Crippen molar-refractivity contribution in [2.24, 2.45) is 4.99 Å². The summed E-state index contributed by atoms with van der Waals surface area (Å²) in [4.78, 5) is 17.3. The smallest absolute Gasteiger partial charge is 0.250 e. The summed E-state index contributed by atoms with van der Waals surface area (Å²) in [5.74, 6) is 1.57. The summed E-state index contributed by atoms with van der Waals surface area (Å²) in [7, 11) is 0. The van der Waals surface area contributed by atoms with E-state index in [2.05, 4.69) is 15.6 Å². The third kappa shape index (κ3) is 10.7. The number of hydrogen-bond acceptors (Lipinski definition) is 3. The van der Waals surface area contributed by atoms with Crippen molar-refractivity contribution in [3.8, 4) is 0 Å². The fourth-order valence-corrected chi connectivity index (χ4v) is 3.41. The van der Waals surface area contributed by atoms with E-state index in [4.69, 9.17) is 0 Å². The van der Waals surface area contributed by atoms with E-state index in [9.17, 15) is 9.18 Å². The van der Waals surface area contributed by atoms with Crippen LogP contribution < -0.4 is 16.2 Å². The molecule has 0 aliphatic heterocycles. The number of aromatic nitrogens is 1. The van der Waals surface area contributed by atoms with E-state index in [1.165, 1.54) is 12.1 Å². The number of nitrogens with zero attached hydrogens (tertiary/aromatic N) is 2. The monoisotopic (exact) mass is 532 g/mol. The summed E-state index contributed by atoms with van der Waals surface area (Å²) in [6.45, 7) is 5.15. The Kier molecular flexibility index (Phi) is 13.5. The highest BCUT2D eigenvalue weighted by molar-refractivity contribution is 14.0. The standard InChI is InChI=1S/C21H29FN4OS.HI/c1-2-23-21(24-13-4-6-16-26-15-5-3-8-20(26)27)25-14-7-17-28-19-11-9-18(22)10-12-19;/h3,5,8-12,15H,2,4,6-7,13-14,16-17H2,1H3,(H2,23,24,25);1H. The number of aryl methyl sites for hydroxylation is 1. The van der Waals surface area contributed by atoms with E-state index < -0.39 is 0 Å². The minimum absolute atomic E-state index is 0. The third-order valence-electron chi connectivity index (χ3n) is 4.02. The van der Waals surface area contributed by atoms with Crippen molar-refractivity contribution in [2.75, 3.05) is 25.4 Å². The van der Waals surface area contributed by atoms with Crippen LogP contribution in [0.15, 0.2) is 63.3 Å². The number of benzene rings is 1. The van der Waals surface area contributed by atoms with Crippen LogP contribution in [-0.4, -0.2) is 35.9 Å². The second-order valence-electron chi connectivity index (χ2n) is 6.28. The quantitative estimate of drug-likeness (QED) is 0.150. The first-order valence-electron chi connectivity index (χ1n) is 9.75. The van der Waals surface area contributed by atoms with Crippen LogP contribution in [0.2, 0.25) is 0 Å². The lowest BCUT2D eigenvalue weighted by Gasteiger charge is -2.11. The predicted octanol–water partition coefficient (Wildman–Crippen LogP) is 4.12. The maximum atomic E-state index is 12.9. The number of thioether (sulfide) groups is 1. The molecule has 0 radical (unpaired) electrons. The Bertz CT molecular complexity index is 783. The van der Waals surface area contributed by atoms with E-state index in [-0.39, 0.29) is 35.4 Å². The molecular weight excluding hydrogens is 502 g/mol. The van der Waals surface area contributed by atoms with Gasteiger partial charge in [-0.15, -0.1) is 35.7 Å². The lowest BCUT2D eigenvalue weighted by molar-refractivity contribution is 0.585. The highest BCUT2D eigenvalue weighted by Crippen LogP contribution is 2.18. The van der Waals surface area contributed by atoms with Crippen molar-refractivity contribution in [3.05, 3.63) is 64.8 Å². The van der Waals surface area contributed by atoms with Crippen molar-refractivity contribution in [2.45, 2.75) is 37.6 Å². The molecule has 0 atom stereocenters. The molecule has 1 aromatic heterocycles. The number of aliphatic imine (C=N–C) groups is 1. The minimum atomic E-state index is -0.203. The Labute approximate surface area is 193 Å². The lowest BCUT2D eigenvalue weighted by Crippen LogP contribution is -2.38. The van der Waals surface area contributed by atoms with Gasteiger partial charge < -0.3 is 15.2 Å². The average molecular weight is 532 g/mol. The Balaban J connectivity index is 0.00000420. The van der Waals surface area contributed by atoms with Gasteiger partial charge in [0.2, 0.25) is 5.56 Å². The van der Waals surface area contributed by atoms with Crippen molar-refractivity contribution < 1.29 is 4.39 Å². The van der Waals surface area contributed by atoms with Crippen LogP contribution in [-0.2, 0) is 6.54 Å². The van der Waals surface area contributed by atoms with Gasteiger partial charge in [0.25, 0.3) is 0 Å². The molecule has 2 rings (SSSR count). The van der Waals surface area contributed by atoms with Gasteiger partial charge in [0.15, 0.2) is 5.96 Å². The fourth-order valence-electron chi connectivity index (χ4n) is 2.58. The molecule has 2 aromatic rings. The number of nitrogens with one attached hydrogen (secondary N) is 2. The van der Waals surface area contributed by atoms with Gasteiger partial charge in [0.05, 0.1) is 0 Å². The first-order valence-corrected chi connectivity index (χ1v) is 10.7. The van der Waals surface area contributed by atoms with Crippen molar-refractivity contribution in [1.82, 2.24) is 15.2 Å². The first-order chi connectivity index (χ1) is 13.7. The van der Waals surface area contributed by atoms with E-state index >= 15 is 0 Å². The molecule has 2 N–H and O–H groups in total. The molecule has 0 unspecified atom stereocenters. The molecule has 8 heteroatoms. The van der Waals surface area contributed by atoms with Crippen LogP contribution in [0.1, 0.15) is 26.2 Å². The summed E-state index contributed by atoms with van der Waals surface area (Å²) in [5.41, 5.74) is 0.0452. The summed E-state index contributed by atoms with van der Waals surface area (Å²) >= 11 is 1.71. The van der Waals surface area contributed by atoms with Gasteiger partial charge in [0, 0.05) is 43.3 Å². The van der Waals surface area contributed by atoms with E-state index in [1.807, 2.05) is 19.2 Å². The van der Waals surface area contributed by atoms with Gasteiger partial charge in [-0.2, -0.15) is 0 Å². The van der Waals surface area contributed by atoms with Gasteiger partial charge in [-0.05, 0) is 62.3 Å². The number of unbranched alkanes of at least 4 members (excludes halogenated alkanes) is 1. The highest BCUT2D eigenvalue weighted by atomic mass is 127. The molecule has 5 nitrogen and oxygen atoms in total. The van der Waals surface area contributed by atoms with Gasteiger partial charge >= 0.3 is 0 Å². The summed E-state index contributed by atoms with van der Waals surface area (Å²) in [6.07, 6.45) is 4.68. The zero-order chi connectivity index (χ0) is 20.0. The van der Waals surface area contributed by atoms with Crippen LogP contribution in [0.4, 0.5) is 4.39 Å². The van der Waals surface area contributed by atoms with Gasteiger partial charge in [-0.1, -0.05) is 6.07 Å². The molecule has 0 fully saturated rings. The largest absolute Gasteiger partial charge is 0.357 e. The second kappa shape index (κ2) is 15.3. The Morgan fingerprint density at radius 1 is 1.10 bits per heavy atom. The molecule has 0 spiro atoms. The van der Waals surface area contributed by atoms with E-state index in [0.717, 1.165) is 62.0 Å². The summed E-state index contributed by atoms with van der Waals surface area (Å²) in [6, 6.07) is 11.8. The number of guanidine groups is 1. The second-order valence-corrected chi connectivity index (χ2v) is 7.45. The third-order valence-corrected chi connectivity index (χ3v) is 5.11. The number of halogens is 2. The zero-order valence-electron chi connectivity index (χ0n) is 16.8. The van der Waals surface area contributed by atoms with Crippen LogP contribution >= 0.6 is 35.7 Å². The van der Waals surface area contributed by atoms with Crippen molar-refractivity contribution in [3.63, 3.8) is 0 Å². The average Bonchev–Trinajstić information content (AvgIpc) is 2.70. The van der Waals surface area contributed by atoms with Crippen molar-refractivity contribution in [1.29, 1.82) is 0 Å². The molecule has 0 bridgehead atoms. The number of rotatable bonds is 11. The topological polar surface area (TPSA) is 58.4 Å². The van der Waals surface area contributed by atoms with Gasteiger partial charge in [0.1, 0.15) is 5.82 Å². The summed E-state index contributed by atoms with van der Waals surface area (Å²) in [5, 5.41) is 6.59. The van der Waals surface area contributed by atoms with Gasteiger partial charge in [-0.3, -0.25) is 9.79 Å². The normalized spacial score (nSPS) is 11.0. The molecule has 0 saturated carbocycles. The van der Waals surface area contributed by atoms with Crippen LogP contribution in [0.25, 0.3) is 0 Å². The molecule has 0 saturated heterocycles. The lowest BCUT2D eigenvalue weighted by atomic mass is 10.3. The van der Waals surface area contributed by atoms with Gasteiger partial charge in [-0.25, -0.2) is 4.39 Å². The molecule has 0 aliphatic rings. The fraction of sp³-hybridized carbons (Fsp3) is 0.429. The summed E-state index contributed by atoms with van der Waals surface area (Å²) < 4.78 is 14.6. The van der Waals surface area contributed by atoms with Crippen LogP contribution in [0, 0.1) is 5.82 Å². The number of hydrogen-bond donors (Lipinski definition) is 2. The molecule has 1 aromatic carbocycles. The molecular formula is C21H30FIN4OS. The Morgan fingerprint density at radius 3 is 2.62 bits per heavy atom. The Hall–Kier alpha value is -1.55.